The van der Waals surface area contributed by atoms with E-state index in [0.29, 0.717) is 17.0 Å². The van der Waals surface area contributed by atoms with E-state index in [1.165, 1.54) is 0 Å². The normalized spacial score (nSPS) is 15.0. The molecule has 1 aliphatic heterocycles. The first kappa shape index (κ1) is 15.7. The molecule has 0 bridgehead atoms. The second-order valence-electron chi connectivity index (χ2n) is 6.03. The minimum atomic E-state index is -0.418. The van der Waals surface area contributed by atoms with Crippen LogP contribution in [0.25, 0.3) is 28.8 Å². The van der Waals surface area contributed by atoms with E-state index < -0.39 is 5.97 Å². The highest BCUT2D eigenvalue weighted by Gasteiger charge is 2.25. The number of hydrogen-bond acceptors (Lipinski definition) is 5. The summed E-state index contributed by atoms with van der Waals surface area (Å²) in [5.41, 5.74) is 4.41. The van der Waals surface area contributed by atoms with Crippen molar-refractivity contribution in [2.45, 2.75) is 0 Å². The van der Waals surface area contributed by atoms with Crippen LogP contribution in [0.3, 0.4) is 0 Å². The Bertz CT molecular complexity index is 1160. The third-order valence-corrected chi connectivity index (χ3v) is 5.06. The molecule has 1 aliphatic rings. The molecule has 2 aromatic heterocycles. The lowest BCUT2D eigenvalue weighted by Crippen LogP contribution is -2.14. The maximum absolute atomic E-state index is 12.8. The number of esters is 1. The molecule has 0 fully saturated rings. The predicted octanol–water partition coefficient (Wildman–Crippen LogP) is 4.66. The number of cyclic esters (lactones) is 1. The fraction of sp³-hybridized carbons (Fsp3) is 0. The summed E-state index contributed by atoms with van der Waals surface area (Å²) in [5, 5.41) is 12.7. The molecule has 3 heterocycles. The van der Waals surface area contributed by atoms with Gasteiger partial charge in [0.2, 0.25) is 0 Å². The van der Waals surface area contributed by atoms with Crippen molar-refractivity contribution in [3.63, 3.8) is 0 Å². The van der Waals surface area contributed by atoms with Gasteiger partial charge < -0.3 is 4.74 Å². The molecule has 0 unspecified atom stereocenters. The molecular formula is C21H13N3O2S. The van der Waals surface area contributed by atoms with Crippen LogP contribution >= 0.6 is 11.3 Å². The topological polar surface area (TPSA) is 57.0 Å². The molecule has 6 heteroatoms. The van der Waals surface area contributed by atoms with Crippen LogP contribution in [0.1, 0.15) is 21.6 Å². The molecule has 0 radical (unpaired) electrons. The number of hydrogen-bond donors (Lipinski definition) is 0. The predicted molar refractivity (Wildman–Crippen MR) is 104 cm³/mol. The van der Waals surface area contributed by atoms with E-state index >= 15 is 0 Å². The van der Waals surface area contributed by atoms with E-state index in [2.05, 4.69) is 10.3 Å². The van der Waals surface area contributed by atoms with Gasteiger partial charge in [-0.3, -0.25) is 0 Å². The minimum absolute atomic E-state index is 0.418. The summed E-state index contributed by atoms with van der Waals surface area (Å²) in [6.45, 7) is 0. The van der Waals surface area contributed by atoms with Gasteiger partial charge in [-0.05, 0) is 23.6 Å². The number of carbonyl (C=O) groups excluding carboxylic acids is 1. The lowest BCUT2D eigenvalue weighted by molar-refractivity contribution is 0.0692. The van der Waals surface area contributed by atoms with Crippen LogP contribution in [0, 0.1) is 0 Å². The van der Waals surface area contributed by atoms with E-state index in [4.69, 9.17) is 4.74 Å². The molecule has 0 aliphatic carbocycles. The molecular weight excluding hydrogens is 358 g/mol. The Kier molecular flexibility index (Phi) is 3.69. The van der Waals surface area contributed by atoms with Crippen LogP contribution < -0.4 is 0 Å². The fourth-order valence-corrected chi connectivity index (χ4v) is 3.73. The first-order chi connectivity index (χ1) is 13.3. The van der Waals surface area contributed by atoms with Crippen molar-refractivity contribution in [3.8, 4) is 16.9 Å². The maximum atomic E-state index is 12.8. The summed E-state index contributed by atoms with van der Waals surface area (Å²) >= 11 is 1.60. The monoisotopic (exact) mass is 371 g/mol. The first-order valence-corrected chi connectivity index (χ1v) is 9.32. The highest BCUT2D eigenvalue weighted by Crippen LogP contribution is 2.32. The van der Waals surface area contributed by atoms with Gasteiger partial charge in [-0.25, -0.2) is 9.48 Å². The van der Waals surface area contributed by atoms with Crippen LogP contribution in [0.2, 0.25) is 0 Å². The Morgan fingerprint density at radius 1 is 0.926 bits per heavy atom. The summed E-state index contributed by atoms with van der Waals surface area (Å²) in [4.78, 5) is 12.8. The zero-order chi connectivity index (χ0) is 18.2. The minimum Gasteiger partial charge on any atom is -0.422 e. The van der Waals surface area contributed by atoms with Gasteiger partial charge in [-0.1, -0.05) is 47.7 Å². The van der Waals surface area contributed by atoms with Gasteiger partial charge in [0.1, 0.15) is 11.5 Å². The molecule has 2 aromatic carbocycles. The molecule has 27 heavy (non-hydrogen) atoms. The van der Waals surface area contributed by atoms with E-state index in [1.54, 1.807) is 22.1 Å². The Morgan fingerprint density at radius 3 is 2.56 bits per heavy atom. The number of fused-ring (bicyclic) bond motifs is 3. The van der Waals surface area contributed by atoms with E-state index in [0.717, 1.165) is 22.5 Å². The number of nitrogens with zero attached hydrogens (tertiary/aromatic N) is 3. The standard InChI is InChI=1S/C21H13N3O2S/c25-21-16-8-4-5-9-17(16)24-18(20(22-23-24)15-10-11-27-13-15)12-19(26-21)14-6-2-1-3-7-14/h1-13H/b19-12-. The molecule has 130 valence electrons. The molecule has 0 saturated carbocycles. The fourth-order valence-electron chi connectivity index (χ4n) is 3.09. The second kappa shape index (κ2) is 6.34. The summed E-state index contributed by atoms with van der Waals surface area (Å²) in [6.07, 6.45) is 1.83. The molecule has 5 nitrogen and oxygen atoms in total. The zero-order valence-electron chi connectivity index (χ0n) is 14.1. The molecule has 0 spiro atoms. The van der Waals surface area contributed by atoms with Crippen molar-refractivity contribution >= 4 is 29.1 Å². The highest BCUT2D eigenvalue weighted by atomic mass is 32.1. The quantitative estimate of drug-likeness (QED) is 0.481. The van der Waals surface area contributed by atoms with Crippen molar-refractivity contribution in [2.75, 3.05) is 0 Å². The lowest BCUT2D eigenvalue weighted by atomic mass is 10.1. The number of benzene rings is 2. The number of thiophene rings is 1. The first-order valence-electron chi connectivity index (χ1n) is 8.38. The van der Waals surface area contributed by atoms with Gasteiger partial charge >= 0.3 is 5.97 Å². The average molecular weight is 371 g/mol. The third-order valence-electron chi connectivity index (χ3n) is 4.38. The largest absolute Gasteiger partial charge is 0.422 e. The van der Waals surface area contributed by atoms with Crippen molar-refractivity contribution in [1.82, 2.24) is 15.0 Å². The smallest absolute Gasteiger partial charge is 0.345 e. The van der Waals surface area contributed by atoms with E-state index in [-0.39, 0.29) is 0 Å². The highest BCUT2D eigenvalue weighted by molar-refractivity contribution is 7.08. The Balaban J connectivity index is 1.80. The number of aromatic nitrogens is 3. The SMILES string of the molecule is O=C1O/C(c2ccccc2)=C\c2c(-c3ccsc3)nnn2-c2ccccc21. The number of ether oxygens (including phenoxy) is 1. The van der Waals surface area contributed by atoms with Gasteiger partial charge in [0, 0.05) is 22.6 Å². The van der Waals surface area contributed by atoms with E-state index in [1.807, 2.05) is 71.4 Å². The molecule has 0 atom stereocenters. The van der Waals surface area contributed by atoms with Gasteiger partial charge in [-0.2, -0.15) is 11.3 Å². The Hall–Kier alpha value is -3.51. The number of para-hydroxylation sites is 1. The number of carbonyl (C=O) groups is 1. The van der Waals surface area contributed by atoms with E-state index in [9.17, 15) is 4.79 Å². The second-order valence-corrected chi connectivity index (χ2v) is 6.81. The van der Waals surface area contributed by atoms with Gasteiger partial charge in [0.05, 0.1) is 16.9 Å². The summed E-state index contributed by atoms with van der Waals surface area (Å²) in [6, 6.07) is 18.8. The maximum Gasteiger partial charge on any atom is 0.345 e. The average Bonchev–Trinajstić information content (AvgIpc) is 3.36. The van der Waals surface area contributed by atoms with Crippen LogP contribution in [-0.4, -0.2) is 21.0 Å². The molecule has 5 rings (SSSR count). The Labute approximate surface area is 159 Å². The summed E-state index contributed by atoms with van der Waals surface area (Å²) in [5.74, 6) is 0.0501. The lowest BCUT2D eigenvalue weighted by Gasteiger charge is -2.16. The van der Waals surface area contributed by atoms with Crippen molar-refractivity contribution in [1.29, 1.82) is 0 Å². The molecule has 0 amide bonds. The molecule has 4 aromatic rings. The molecule has 0 saturated heterocycles. The van der Waals surface area contributed by atoms with Gasteiger partial charge in [0.15, 0.2) is 0 Å². The van der Waals surface area contributed by atoms with Crippen LogP contribution in [0.15, 0.2) is 71.4 Å². The number of rotatable bonds is 2. The van der Waals surface area contributed by atoms with Crippen LogP contribution in [-0.2, 0) is 4.74 Å². The van der Waals surface area contributed by atoms with Crippen molar-refractivity contribution < 1.29 is 9.53 Å². The summed E-state index contributed by atoms with van der Waals surface area (Å²) in [7, 11) is 0. The van der Waals surface area contributed by atoms with Crippen LogP contribution in [0.5, 0.6) is 0 Å². The zero-order valence-corrected chi connectivity index (χ0v) is 14.9. The van der Waals surface area contributed by atoms with Crippen molar-refractivity contribution in [3.05, 3.63) is 88.2 Å². The van der Waals surface area contributed by atoms with Gasteiger partial charge in [0.25, 0.3) is 0 Å². The Morgan fingerprint density at radius 2 is 1.74 bits per heavy atom. The van der Waals surface area contributed by atoms with Gasteiger partial charge in [-0.15, -0.1) is 5.10 Å². The molecule has 0 N–H and O–H groups in total. The third kappa shape index (κ3) is 2.67. The van der Waals surface area contributed by atoms with Crippen LogP contribution in [0.4, 0.5) is 0 Å². The van der Waals surface area contributed by atoms with Crippen molar-refractivity contribution in [2.24, 2.45) is 0 Å². The summed E-state index contributed by atoms with van der Waals surface area (Å²) < 4.78 is 7.46.